The van der Waals surface area contributed by atoms with Crippen LogP contribution in [-0.4, -0.2) is 38.2 Å². The van der Waals surface area contributed by atoms with Gasteiger partial charge in [-0.05, 0) is 36.5 Å². The number of nitrogens with two attached hydrogens (primary N) is 1. The van der Waals surface area contributed by atoms with Gasteiger partial charge in [0.15, 0.2) is 0 Å². The maximum atomic E-state index is 13.0. The van der Waals surface area contributed by atoms with E-state index in [1.807, 2.05) is 0 Å². The quantitative estimate of drug-likeness (QED) is 0.864. The van der Waals surface area contributed by atoms with Gasteiger partial charge in [0.05, 0.1) is 5.75 Å². The number of carbonyl (C=O) groups excluding carboxylic acids is 1. The molecule has 0 bridgehead atoms. The van der Waals surface area contributed by atoms with Crippen LogP contribution in [0, 0.1) is 11.7 Å². The number of piperidine rings is 1. The largest absolute Gasteiger partial charge is 0.334 e. The molecule has 1 fully saturated rings. The highest BCUT2D eigenvalue weighted by molar-refractivity contribution is 7.89. The highest BCUT2D eigenvalue weighted by atomic mass is 32.2. The van der Waals surface area contributed by atoms with E-state index >= 15 is 0 Å². The molecule has 0 aliphatic carbocycles. The number of amides is 2. The van der Waals surface area contributed by atoms with E-state index in [9.17, 15) is 17.6 Å². The summed E-state index contributed by atoms with van der Waals surface area (Å²) in [6.07, 6.45) is 1.23. The Morgan fingerprint density at radius 3 is 2.64 bits per heavy atom. The standard InChI is InChI=1S/C14H20FN3O3S/c15-13-3-1-2-12(8-13)9-17-14(19)18-6-4-11(5-7-18)10-22(16,20)21/h1-3,8,11H,4-7,9-10H2,(H,17,19)(H2,16,20,21). The average Bonchev–Trinajstić information content (AvgIpc) is 2.44. The maximum Gasteiger partial charge on any atom is 0.317 e. The minimum Gasteiger partial charge on any atom is -0.334 e. The van der Waals surface area contributed by atoms with Gasteiger partial charge < -0.3 is 10.2 Å². The van der Waals surface area contributed by atoms with E-state index in [0.29, 0.717) is 31.5 Å². The number of benzene rings is 1. The van der Waals surface area contributed by atoms with Gasteiger partial charge in [-0.3, -0.25) is 0 Å². The van der Waals surface area contributed by atoms with E-state index in [1.165, 1.54) is 12.1 Å². The van der Waals surface area contributed by atoms with E-state index < -0.39 is 10.0 Å². The van der Waals surface area contributed by atoms with Gasteiger partial charge in [-0.1, -0.05) is 12.1 Å². The van der Waals surface area contributed by atoms with Crippen molar-refractivity contribution in [3.05, 3.63) is 35.6 Å². The van der Waals surface area contributed by atoms with Crippen LogP contribution >= 0.6 is 0 Å². The summed E-state index contributed by atoms with van der Waals surface area (Å²) in [5.41, 5.74) is 0.692. The third-order valence-electron chi connectivity index (χ3n) is 3.70. The number of hydrogen-bond acceptors (Lipinski definition) is 3. The topological polar surface area (TPSA) is 92.5 Å². The zero-order valence-electron chi connectivity index (χ0n) is 12.2. The highest BCUT2D eigenvalue weighted by Gasteiger charge is 2.25. The molecule has 0 atom stereocenters. The summed E-state index contributed by atoms with van der Waals surface area (Å²) in [6, 6.07) is 5.83. The van der Waals surface area contributed by atoms with Crippen LogP contribution < -0.4 is 10.5 Å². The summed E-state index contributed by atoms with van der Waals surface area (Å²) in [6.45, 7) is 1.25. The number of rotatable bonds is 4. The van der Waals surface area contributed by atoms with Crippen LogP contribution in [-0.2, 0) is 16.6 Å². The number of halogens is 1. The van der Waals surface area contributed by atoms with E-state index in [0.717, 1.165) is 0 Å². The molecule has 6 nitrogen and oxygen atoms in total. The van der Waals surface area contributed by atoms with Gasteiger partial charge in [0.2, 0.25) is 10.0 Å². The van der Waals surface area contributed by atoms with Crippen LogP contribution in [0.1, 0.15) is 18.4 Å². The van der Waals surface area contributed by atoms with E-state index in [-0.39, 0.29) is 30.1 Å². The Bertz CT molecular complexity index is 628. The predicted molar refractivity (Wildman–Crippen MR) is 80.9 cm³/mol. The van der Waals surface area contributed by atoms with Crippen molar-refractivity contribution in [1.29, 1.82) is 0 Å². The first-order valence-electron chi connectivity index (χ1n) is 7.11. The first kappa shape index (κ1) is 16.7. The molecule has 1 aliphatic rings. The fraction of sp³-hybridized carbons (Fsp3) is 0.500. The van der Waals surface area contributed by atoms with Gasteiger partial charge in [0.25, 0.3) is 0 Å². The highest BCUT2D eigenvalue weighted by Crippen LogP contribution is 2.18. The maximum absolute atomic E-state index is 13.0. The van der Waals surface area contributed by atoms with Crippen molar-refractivity contribution >= 4 is 16.1 Å². The van der Waals surface area contributed by atoms with Crippen molar-refractivity contribution in [3.8, 4) is 0 Å². The Morgan fingerprint density at radius 1 is 1.36 bits per heavy atom. The van der Waals surface area contributed by atoms with E-state index in [1.54, 1.807) is 17.0 Å². The predicted octanol–water partition coefficient (Wildman–Crippen LogP) is 1.04. The molecule has 0 radical (unpaired) electrons. The number of hydrogen-bond donors (Lipinski definition) is 2. The third kappa shape index (κ3) is 5.27. The molecular formula is C14H20FN3O3S. The molecule has 1 aromatic carbocycles. The molecule has 8 heteroatoms. The summed E-state index contributed by atoms with van der Waals surface area (Å²) in [4.78, 5) is 13.7. The Morgan fingerprint density at radius 2 is 2.05 bits per heavy atom. The number of urea groups is 1. The minimum atomic E-state index is -3.47. The van der Waals surface area contributed by atoms with E-state index in [2.05, 4.69) is 5.32 Å². The first-order valence-corrected chi connectivity index (χ1v) is 8.83. The molecule has 1 saturated heterocycles. The zero-order valence-corrected chi connectivity index (χ0v) is 13.0. The van der Waals surface area contributed by atoms with Crippen molar-refractivity contribution in [2.24, 2.45) is 11.1 Å². The fourth-order valence-electron chi connectivity index (χ4n) is 2.57. The summed E-state index contributed by atoms with van der Waals surface area (Å²) in [5, 5.41) is 7.77. The lowest BCUT2D eigenvalue weighted by atomic mass is 9.99. The van der Waals surface area contributed by atoms with Gasteiger partial charge in [-0.25, -0.2) is 22.7 Å². The zero-order chi connectivity index (χ0) is 16.2. The van der Waals surface area contributed by atoms with E-state index in [4.69, 9.17) is 5.14 Å². The number of sulfonamides is 1. The van der Waals surface area contributed by atoms with Crippen LogP contribution in [0.3, 0.4) is 0 Å². The summed E-state index contributed by atoms with van der Waals surface area (Å²) in [5.74, 6) is -0.371. The SMILES string of the molecule is NS(=O)(=O)CC1CCN(C(=O)NCc2cccc(F)c2)CC1. The number of nitrogens with zero attached hydrogens (tertiary/aromatic N) is 1. The molecule has 122 valence electrons. The number of primary sulfonamides is 1. The Labute approximate surface area is 129 Å². The molecule has 2 amide bonds. The molecule has 2 rings (SSSR count). The molecular weight excluding hydrogens is 309 g/mol. The second-order valence-electron chi connectivity index (χ2n) is 5.55. The Hall–Kier alpha value is -1.67. The van der Waals surface area contributed by atoms with Crippen LogP contribution in [0.25, 0.3) is 0 Å². The second-order valence-corrected chi connectivity index (χ2v) is 7.21. The van der Waals surface area contributed by atoms with Gasteiger partial charge in [-0.2, -0.15) is 0 Å². The summed E-state index contributed by atoms with van der Waals surface area (Å²) >= 11 is 0. The minimum absolute atomic E-state index is 0.00210. The Kier molecular flexibility index (Phi) is 5.36. The molecule has 3 N–H and O–H groups in total. The molecule has 1 heterocycles. The molecule has 0 unspecified atom stereocenters. The lowest BCUT2D eigenvalue weighted by Crippen LogP contribution is -2.45. The molecule has 0 saturated carbocycles. The number of likely N-dealkylation sites (tertiary alicyclic amines) is 1. The van der Waals surface area contributed by atoms with Gasteiger partial charge >= 0.3 is 6.03 Å². The van der Waals surface area contributed by atoms with Crippen molar-refractivity contribution in [1.82, 2.24) is 10.2 Å². The summed E-state index contributed by atoms with van der Waals surface area (Å²) in [7, 11) is -3.47. The lowest BCUT2D eigenvalue weighted by molar-refractivity contribution is 0.174. The van der Waals surface area contributed by atoms with Crippen LogP contribution in [0.4, 0.5) is 9.18 Å². The molecule has 1 aliphatic heterocycles. The van der Waals surface area contributed by atoms with Gasteiger partial charge in [0.1, 0.15) is 5.82 Å². The molecule has 1 aromatic rings. The Balaban J connectivity index is 1.78. The number of nitrogens with one attached hydrogen (secondary N) is 1. The second kappa shape index (κ2) is 7.06. The summed E-state index contributed by atoms with van der Waals surface area (Å²) < 4.78 is 35.2. The molecule has 0 aromatic heterocycles. The van der Waals surface area contributed by atoms with Crippen molar-refractivity contribution < 1.29 is 17.6 Å². The van der Waals surface area contributed by atoms with Crippen molar-refractivity contribution in [2.75, 3.05) is 18.8 Å². The third-order valence-corrected chi connectivity index (χ3v) is 4.64. The lowest BCUT2D eigenvalue weighted by Gasteiger charge is -2.31. The van der Waals surface area contributed by atoms with Gasteiger partial charge in [-0.15, -0.1) is 0 Å². The monoisotopic (exact) mass is 329 g/mol. The molecule has 22 heavy (non-hydrogen) atoms. The number of carbonyl (C=O) groups is 1. The van der Waals surface area contributed by atoms with Crippen LogP contribution in [0.2, 0.25) is 0 Å². The molecule has 0 spiro atoms. The fourth-order valence-corrected chi connectivity index (χ4v) is 3.56. The van der Waals surface area contributed by atoms with Crippen LogP contribution in [0.15, 0.2) is 24.3 Å². The normalized spacial score (nSPS) is 16.5. The van der Waals surface area contributed by atoms with Crippen molar-refractivity contribution in [2.45, 2.75) is 19.4 Å². The average molecular weight is 329 g/mol. The first-order chi connectivity index (χ1) is 10.3. The smallest absolute Gasteiger partial charge is 0.317 e. The van der Waals surface area contributed by atoms with Crippen LogP contribution in [0.5, 0.6) is 0 Å². The van der Waals surface area contributed by atoms with Gasteiger partial charge in [0, 0.05) is 19.6 Å². The van der Waals surface area contributed by atoms with Crippen molar-refractivity contribution in [3.63, 3.8) is 0 Å².